The minimum absolute atomic E-state index is 0.383. The largest absolute Gasteiger partial charge is 0.319 e. The molecule has 1 nitrogen and oxygen atoms in total. The predicted molar refractivity (Wildman–Crippen MR) is 60.8 cm³/mol. The van der Waals surface area contributed by atoms with Crippen molar-refractivity contribution in [3.63, 3.8) is 0 Å². The molecule has 0 heterocycles. The Kier molecular flexibility index (Phi) is 2.54. The van der Waals surface area contributed by atoms with Gasteiger partial charge in [-0.25, -0.2) is 0 Å². The van der Waals surface area contributed by atoms with Crippen LogP contribution in [0.25, 0.3) is 0 Å². The lowest BCUT2D eigenvalue weighted by Gasteiger charge is -2.11. The van der Waals surface area contributed by atoms with Crippen molar-refractivity contribution < 1.29 is 0 Å². The van der Waals surface area contributed by atoms with Crippen LogP contribution in [0, 0.1) is 5.92 Å². The number of nitrogens with one attached hydrogen (secondary N) is 1. The fourth-order valence-corrected chi connectivity index (χ4v) is 2.31. The van der Waals surface area contributed by atoms with Gasteiger partial charge in [0.15, 0.2) is 0 Å². The standard InChI is InChI=1S/C12H16ClN/c1-12(7-10(12)8-14-2)9-3-5-11(13)6-4-9/h3-6,10,14H,7-8H2,1-2H3. The third-order valence-corrected chi connectivity index (χ3v) is 3.62. The maximum Gasteiger partial charge on any atom is 0.0406 e. The molecule has 0 radical (unpaired) electrons. The molecule has 1 aliphatic rings. The first kappa shape index (κ1) is 10.0. The summed E-state index contributed by atoms with van der Waals surface area (Å²) in [5.41, 5.74) is 1.80. The molecule has 0 bridgehead atoms. The summed E-state index contributed by atoms with van der Waals surface area (Å²) in [4.78, 5) is 0. The number of benzene rings is 1. The fourth-order valence-electron chi connectivity index (χ4n) is 2.18. The summed E-state index contributed by atoms with van der Waals surface area (Å²) < 4.78 is 0. The van der Waals surface area contributed by atoms with Gasteiger partial charge >= 0.3 is 0 Å². The Balaban J connectivity index is 2.13. The molecule has 2 heteroatoms. The van der Waals surface area contributed by atoms with E-state index in [0.29, 0.717) is 5.41 Å². The highest BCUT2D eigenvalue weighted by molar-refractivity contribution is 6.30. The Labute approximate surface area is 90.5 Å². The van der Waals surface area contributed by atoms with Crippen molar-refractivity contribution in [2.75, 3.05) is 13.6 Å². The topological polar surface area (TPSA) is 12.0 Å². The van der Waals surface area contributed by atoms with Crippen LogP contribution in [0.2, 0.25) is 5.02 Å². The van der Waals surface area contributed by atoms with Gasteiger partial charge in [-0.15, -0.1) is 0 Å². The zero-order valence-electron chi connectivity index (χ0n) is 8.68. The van der Waals surface area contributed by atoms with E-state index in [4.69, 9.17) is 11.6 Å². The number of halogens is 1. The minimum atomic E-state index is 0.383. The average molecular weight is 210 g/mol. The minimum Gasteiger partial charge on any atom is -0.319 e. The molecule has 76 valence electrons. The Morgan fingerprint density at radius 3 is 2.64 bits per heavy atom. The summed E-state index contributed by atoms with van der Waals surface area (Å²) in [5.74, 6) is 0.786. The second-order valence-electron chi connectivity index (χ2n) is 4.38. The molecule has 1 fully saturated rings. The van der Waals surface area contributed by atoms with Gasteiger partial charge in [0.2, 0.25) is 0 Å². The Morgan fingerprint density at radius 2 is 2.07 bits per heavy atom. The Morgan fingerprint density at radius 1 is 1.43 bits per heavy atom. The highest BCUT2D eigenvalue weighted by Gasteiger charge is 2.50. The van der Waals surface area contributed by atoms with Crippen LogP contribution in [-0.2, 0) is 5.41 Å². The van der Waals surface area contributed by atoms with Crippen LogP contribution >= 0.6 is 11.6 Å². The summed E-state index contributed by atoms with van der Waals surface area (Å²) in [6.45, 7) is 3.44. The molecule has 0 saturated heterocycles. The van der Waals surface area contributed by atoms with Crippen molar-refractivity contribution in [1.82, 2.24) is 5.32 Å². The van der Waals surface area contributed by atoms with Crippen LogP contribution in [0.1, 0.15) is 18.9 Å². The third-order valence-electron chi connectivity index (χ3n) is 3.37. The van der Waals surface area contributed by atoms with Crippen LogP contribution in [0.4, 0.5) is 0 Å². The fraction of sp³-hybridized carbons (Fsp3) is 0.500. The van der Waals surface area contributed by atoms with Gasteiger partial charge in [-0.1, -0.05) is 30.7 Å². The van der Waals surface area contributed by atoms with Crippen molar-refractivity contribution in [3.8, 4) is 0 Å². The first-order valence-corrected chi connectivity index (χ1v) is 5.45. The van der Waals surface area contributed by atoms with E-state index in [9.17, 15) is 0 Å². The molecule has 1 aromatic rings. The lowest BCUT2D eigenvalue weighted by atomic mass is 9.95. The molecule has 0 aliphatic heterocycles. The molecule has 14 heavy (non-hydrogen) atoms. The zero-order chi connectivity index (χ0) is 10.2. The summed E-state index contributed by atoms with van der Waals surface area (Å²) >= 11 is 5.87. The van der Waals surface area contributed by atoms with Crippen LogP contribution in [-0.4, -0.2) is 13.6 Å². The number of hydrogen-bond donors (Lipinski definition) is 1. The van der Waals surface area contributed by atoms with Crippen LogP contribution in [0.3, 0.4) is 0 Å². The molecule has 2 unspecified atom stereocenters. The normalized spacial score (nSPS) is 30.4. The molecule has 0 spiro atoms. The highest BCUT2D eigenvalue weighted by atomic mass is 35.5. The molecular formula is C12H16ClN. The molecule has 2 rings (SSSR count). The van der Waals surface area contributed by atoms with Gasteiger partial charge in [0.25, 0.3) is 0 Å². The Hall–Kier alpha value is -0.530. The summed E-state index contributed by atoms with van der Waals surface area (Å²) in [7, 11) is 2.01. The molecule has 1 aromatic carbocycles. The first-order valence-electron chi connectivity index (χ1n) is 5.07. The molecule has 1 N–H and O–H groups in total. The van der Waals surface area contributed by atoms with Gasteiger partial charge in [-0.3, -0.25) is 0 Å². The van der Waals surface area contributed by atoms with E-state index < -0.39 is 0 Å². The summed E-state index contributed by atoms with van der Waals surface area (Å²) in [5, 5.41) is 4.06. The van der Waals surface area contributed by atoms with Crippen molar-refractivity contribution in [2.45, 2.75) is 18.8 Å². The van der Waals surface area contributed by atoms with Gasteiger partial charge in [0, 0.05) is 5.02 Å². The highest BCUT2D eigenvalue weighted by Crippen LogP contribution is 2.53. The van der Waals surface area contributed by atoms with E-state index in [0.717, 1.165) is 17.5 Å². The third kappa shape index (κ3) is 1.67. The van der Waals surface area contributed by atoms with E-state index >= 15 is 0 Å². The maximum atomic E-state index is 5.87. The second-order valence-corrected chi connectivity index (χ2v) is 4.82. The summed E-state index contributed by atoms with van der Waals surface area (Å²) in [6, 6.07) is 8.27. The molecule has 0 aromatic heterocycles. The molecule has 1 saturated carbocycles. The average Bonchev–Trinajstić information content (AvgIpc) is 2.80. The molecule has 2 atom stereocenters. The second kappa shape index (κ2) is 3.56. The Bertz CT molecular complexity index is 320. The van der Waals surface area contributed by atoms with E-state index in [1.54, 1.807) is 0 Å². The van der Waals surface area contributed by atoms with Gasteiger partial charge in [0.05, 0.1) is 0 Å². The van der Waals surface area contributed by atoms with Crippen molar-refractivity contribution in [2.24, 2.45) is 5.92 Å². The molecule has 1 aliphatic carbocycles. The monoisotopic (exact) mass is 209 g/mol. The van der Waals surface area contributed by atoms with Gasteiger partial charge in [-0.05, 0) is 49.0 Å². The van der Waals surface area contributed by atoms with Gasteiger partial charge in [-0.2, -0.15) is 0 Å². The van der Waals surface area contributed by atoms with Gasteiger partial charge < -0.3 is 5.32 Å². The molecular weight excluding hydrogens is 194 g/mol. The van der Waals surface area contributed by atoms with E-state index in [1.165, 1.54) is 12.0 Å². The smallest absolute Gasteiger partial charge is 0.0406 e. The molecule has 0 amide bonds. The number of hydrogen-bond acceptors (Lipinski definition) is 1. The van der Waals surface area contributed by atoms with Crippen molar-refractivity contribution >= 4 is 11.6 Å². The van der Waals surface area contributed by atoms with Crippen molar-refractivity contribution in [1.29, 1.82) is 0 Å². The lowest BCUT2D eigenvalue weighted by Crippen LogP contribution is -2.15. The SMILES string of the molecule is CNCC1CC1(C)c1ccc(Cl)cc1. The van der Waals surface area contributed by atoms with Gasteiger partial charge in [0.1, 0.15) is 0 Å². The van der Waals surface area contributed by atoms with E-state index in [1.807, 2.05) is 19.2 Å². The van der Waals surface area contributed by atoms with Crippen LogP contribution < -0.4 is 5.32 Å². The lowest BCUT2D eigenvalue weighted by molar-refractivity contribution is 0.617. The van der Waals surface area contributed by atoms with E-state index in [2.05, 4.69) is 24.4 Å². The van der Waals surface area contributed by atoms with Crippen LogP contribution in [0.15, 0.2) is 24.3 Å². The van der Waals surface area contributed by atoms with E-state index in [-0.39, 0.29) is 0 Å². The summed E-state index contributed by atoms with van der Waals surface area (Å²) in [6.07, 6.45) is 1.29. The van der Waals surface area contributed by atoms with Crippen LogP contribution in [0.5, 0.6) is 0 Å². The maximum absolute atomic E-state index is 5.87. The first-order chi connectivity index (χ1) is 6.66. The predicted octanol–water partition coefficient (Wildman–Crippen LogP) is 2.84. The number of rotatable bonds is 3. The van der Waals surface area contributed by atoms with Crippen molar-refractivity contribution in [3.05, 3.63) is 34.9 Å². The zero-order valence-corrected chi connectivity index (χ0v) is 9.43. The quantitative estimate of drug-likeness (QED) is 0.808.